The van der Waals surface area contributed by atoms with E-state index in [0.717, 1.165) is 6.07 Å². The number of halogens is 2. The maximum absolute atomic E-state index is 13.0. The smallest absolute Gasteiger partial charge is 0.308 e. The summed E-state index contributed by atoms with van der Waals surface area (Å²) in [7, 11) is 1.85. The molecule has 1 saturated carbocycles. The summed E-state index contributed by atoms with van der Waals surface area (Å²) in [6.07, 6.45) is 1.25. The van der Waals surface area contributed by atoms with Crippen molar-refractivity contribution in [3.05, 3.63) is 35.4 Å². The molecule has 0 radical (unpaired) electrons. The van der Waals surface area contributed by atoms with Crippen molar-refractivity contribution in [1.82, 2.24) is 4.90 Å². The van der Waals surface area contributed by atoms with Crippen molar-refractivity contribution in [2.45, 2.75) is 18.9 Å². The van der Waals surface area contributed by atoms with Crippen LogP contribution in [0.25, 0.3) is 0 Å². The lowest BCUT2D eigenvalue weighted by molar-refractivity contribution is -0.138. The minimum Gasteiger partial charge on any atom is -0.481 e. The first-order chi connectivity index (χ1) is 8.49. The molecule has 1 aromatic rings. The highest BCUT2D eigenvalue weighted by Gasteiger charge is 2.45. The zero-order valence-electron chi connectivity index (χ0n) is 10.1. The topological polar surface area (TPSA) is 40.5 Å². The van der Waals surface area contributed by atoms with E-state index in [0.29, 0.717) is 24.9 Å². The second-order valence-electron chi connectivity index (χ2n) is 4.73. The third-order valence-corrected chi connectivity index (χ3v) is 3.38. The molecule has 2 rings (SSSR count). The maximum Gasteiger partial charge on any atom is 0.308 e. The summed E-state index contributed by atoms with van der Waals surface area (Å²) in [6.45, 7) is 0.638. The summed E-state index contributed by atoms with van der Waals surface area (Å²) in [5, 5.41) is 8.81. The molecule has 1 aromatic carbocycles. The summed E-state index contributed by atoms with van der Waals surface area (Å²) >= 11 is 0. The summed E-state index contributed by atoms with van der Waals surface area (Å²) < 4.78 is 25.7. The van der Waals surface area contributed by atoms with Gasteiger partial charge in [-0.3, -0.25) is 4.79 Å². The first-order valence-corrected chi connectivity index (χ1v) is 5.86. The fraction of sp³-hybridized carbons (Fsp3) is 0.462. The number of likely N-dealkylation sites (N-methyl/N-ethyl adjacent to an activating group) is 1. The molecular formula is C13H15F2NO2. The molecule has 0 heterocycles. The molecule has 0 spiro atoms. The van der Waals surface area contributed by atoms with Crippen LogP contribution in [0.15, 0.2) is 18.2 Å². The number of rotatable bonds is 5. The van der Waals surface area contributed by atoms with E-state index in [1.54, 1.807) is 6.07 Å². The number of carboxylic acids is 1. The van der Waals surface area contributed by atoms with Crippen LogP contribution in [0.5, 0.6) is 0 Å². The first-order valence-electron chi connectivity index (χ1n) is 5.86. The van der Waals surface area contributed by atoms with Crippen LogP contribution in [-0.4, -0.2) is 35.6 Å². The molecule has 0 aliphatic heterocycles. The van der Waals surface area contributed by atoms with Crippen LogP contribution in [0, 0.1) is 17.6 Å². The minimum absolute atomic E-state index is 0.0767. The van der Waals surface area contributed by atoms with Crippen LogP contribution in [0.3, 0.4) is 0 Å². The number of benzene rings is 1. The van der Waals surface area contributed by atoms with E-state index >= 15 is 0 Å². The third-order valence-electron chi connectivity index (χ3n) is 3.38. The van der Waals surface area contributed by atoms with Crippen molar-refractivity contribution >= 4 is 5.97 Å². The van der Waals surface area contributed by atoms with E-state index in [4.69, 9.17) is 5.11 Å². The van der Waals surface area contributed by atoms with Gasteiger partial charge in [0.1, 0.15) is 0 Å². The van der Waals surface area contributed by atoms with E-state index in [1.165, 1.54) is 6.07 Å². The average Bonchev–Trinajstić information content (AvgIpc) is 3.10. The van der Waals surface area contributed by atoms with Gasteiger partial charge >= 0.3 is 5.97 Å². The number of carboxylic acid groups (broad SMARTS) is 1. The molecule has 18 heavy (non-hydrogen) atoms. The highest BCUT2D eigenvalue weighted by atomic mass is 19.2. The van der Waals surface area contributed by atoms with Gasteiger partial charge in [0, 0.05) is 12.6 Å². The van der Waals surface area contributed by atoms with Gasteiger partial charge in [-0.25, -0.2) is 8.78 Å². The quantitative estimate of drug-likeness (QED) is 0.873. The molecule has 5 heteroatoms. The summed E-state index contributed by atoms with van der Waals surface area (Å²) in [4.78, 5) is 12.7. The van der Waals surface area contributed by atoms with Crippen molar-refractivity contribution < 1.29 is 18.7 Å². The van der Waals surface area contributed by atoms with E-state index in [1.807, 2.05) is 11.9 Å². The van der Waals surface area contributed by atoms with Crippen LogP contribution < -0.4 is 0 Å². The largest absolute Gasteiger partial charge is 0.481 e. The van der Waals surface area contributed by atoms with Gasteiger partial charge in [0.15, 0.2) is 11.6 Å². The molecule has 0 saturated heterocycles. The van der Waals surface area contributed by atoms with Crippen molar-refractivity contribution in [2.24, 2.45) is 5.92 Å². The molecule has 1 fully saturated rings. The minimum atomic E-state index is -0.847. The summed E-state index contributed by atoms with van der Waals surface area (Å²) in [6, 6.07) is 3.92. The van der Waals surface area contributed by atoms with Crippen LogP contribution in [0.4, 0.5) is 8.78 Å². The van der Waals surface area contributed by atoms with Gasteiger partial charge in [-0.1, -0.05) is 6.07 Å². The zero-order valence-corrected chi connectivity index (χ0v) is 10.1. The van der Waals surface area contributed by atoms with E-state index in [-0.39, 0.29) is 12.0 Å². The lowest BCUT2D eigenvalue weighted by atomic mass is 10.1. The Balaban J connectivity index is 1.84. The molecule has 0 aromatic heterocycles. The van der Waals surface area contributed by atoms with Crippen LogP contribution in [0.1, 0.15) is 12.0 Å². The zero-order chi connectivity index (χ0) is 13.3. The van der Waals surface area contributed by atoms with Gasteiger partial charge < -0.3 is 10.0 Å². The average molecular weight is 255 g/mol. The molecule has 2 atom stereocenters. The Labute approximate surface area is 104 Å². The SMILES string of the molecule is CN(CCc1ccc(F)c(F)c1)C1CC1C(=O)O. The second kappa shape index (κ2) is 5.02. The summed E-state index contributed by atoms with van der Waals surface area (Å²) in [5.41, 5.74) is 0.716. The molecular weight excluding hydrogens is 240 g/mol. The predicted molar refractivity (Wildman–Crippen MR) is 62.2 cm³/mol. The number of nitrogens with zero attached hydrogens (tertiary/aromatic N) is 1. The Kier molecular flexibility index (Phi) is 3.61. The fourth-order valence-corrected chi connectivity index (χ4v) is 2.10. The number of aliphatic carboxylic acids is 1. The van der Waals surface area contributed by atoms with Gasteiger partial charge in [0.25, 0.3) is 0 Å². The Morgan fingerprint density at radius 2 is 2.17 bits per heavy atom. The standard InChI is InChI=1S/C13H15F2NO2/c1-16(12-7-9(12)13(17)18)5-4-8-2-3-10(14)11(15)6-8/h2-3,6,9,12H,4-5,7H2,1H3,(H,17,18). The molecule has 1 aliphatic rings. The highest BCUT2D eigenvalue weighted by Crippen LogP contribution is 2.34. The number of hydrogen-bond acceptors (Lipinski definition) is 2. The van der Waals surface area contributed by atoms with Gasteiger partial charge in [-0.2, -0.15) is 0 Å². The van der Waals surface area contributed by atoms with Crippen LogP contribution in [-0.2, 0) is 11.2 Å². The van der Waals surface area contributed by atoms with Crippen LogP contribution >= 0.6 is 0 Å². The van der Waals surface area contributed by atoms with Gasteiger partial charge in [0.2, 0.25) is 0 Å². The lowest BCUT2D eigenvalue weighted by Crippen LogP contribution is -2.26. The fourth-order valence-electron chi connectivity index (χ4n) is 2.10. The molecule has 1 N–H and O–H groups in total. The monoisotopic (exact) mass is 255 g/mol. The highest BCUT2D eigenvalue weighted by molar-refractivity contribution is 5.74. The number of carbonyl (C=O) groups is 1. The molecule has 2 unspecified atom stereocenters. The van der Waals surface area contributed by atoms with E-state index in [2.05, 4.69) is 0 Å². The lowest BCUT2D eigenvalue weighted by Gasteiger charge is -2.16. The Hall–Kier alpha value is -1.49. The van der Waals surface area contributed by atoms with Crippen molar-refractivity contribution in [2.75, 3.05) is 13.6 Å². The molecule has 1 aliphatic carbocycles. The van der Waals surface area contributed by atoms with Gasteiger partial charge in [-0.15, -0.1) is 0 Å². The Morgan fingerprint density at radius 3 is 2.72 bits per heavy atom. The normalized spacial score (nSPS) is 22.2. The molecule has 3 nitrogen and oxygen atoms in total. The van der Waals surface area contributed by atoms with Gasteiger partial charge in [0.05, 0.1) is 5.92 Å². The Bertz CT molecular complexity index is 464. The molecule has 0 amide bonds. The number of hydrogen-bond donors (Lipinski definition) is 1. The molecule has 98 valence electrons. The maximum atomic E-state index is 13.0. The predicted octanol–water partition coefficient (Wildman–Crippen LogP) is 1.91. The van der Waals surface area contributed by atoms with E-state index in [9.17, 15) is 13.6 Å². The van der Waals surface area contributed by atoms with Gasteiger partial charge in [-0.05, 0) is 37.6 Å². The van der Waals surface area contributed by atoms with Crippen LogP contribution in [0.2, 0.25) is 0 Å². The van der Waals surface area contributed by atoms with E-state index < -0.39 is 17.6 Å². The van der Waals surface area contributed by atoms with Crippen molar-refractivity contribution in [1.29, 1.82) is 0 Å². The third kappa shape index (κ3) is 2.85. The Morgan fingerprint density at radius 1 is 1.44 bits per heavy atom. The van der Waals surface area contributed by atoms with Crippen molar-refractivity contribution in [3.8, 4) is 0 Å². The molecule has 0 bridgehead atoms. The van der Waals surface area contributed by atoms with Crippen molar-refractivity contribution in [3.63, 3.8) is 0 Å². The second-order valence-corrected chi connectivity index (χ2v) is 4.73. The first kappa shape index (κ1) is 13.0. The summed E-state index contributed by atoms with van der Waals surface area (Å²) in [5.74, 6) is -2.73.